The van der Waals surface area contributed by atoms with E-state index in [4.69, 9.17) is 9.47 Å². The maximum absolute atomic E-state index is 12.1. The zero-order chi connectivity index (χ0) is 17.1. The Bertz CT molecular complexity index is 688. The normalized spacial score (nSPS) is 24.3. The summed E-state index contributed by atoms with van der Waals surface area (Å²) in [6.07, 6.45) is 3.81. The molecule has 0 aromatic heterocycles. The molecule has 5 heteroatoms. The van der Waals surface area contributed by atoms with Gasteiger partial charge < -0.3 is 14.4 Å². The third kappa shape index (κ3) is 2.84. The standard InChI is InChI=1S/C19H22N2O3/c1-3-24-19(22)17(12-20)16-10-6-14-7-11-18(16)21(14)13-4-8-15(23-2)9-5-13/h4-5,8-9,14,18H,3,6-7,10-11H2,1-2H3/b17-16+. The van der Waals surface area contributed by atoms with Gasteiger partial charge in [-0.05, 0) is 62.4 Å². The van der Waals surface area contributed by atoms with E-state index in [9.17, 15) is 10.1 Å². The molecule has 24 heavy (non-hydrogen) atoms. The molecule has 0 N–H and O–H groups in total. The predicted octanol–water partition coefficient (Wildman–Crippen LogP) is 3.21. The molecule has 2 aliphatic rings. The minimum absolute atomic E-state index is 0.108. The number of nitriles is 1. The van der Waals surface area contributed by atoms with E-state index < -0.39 is 5.97 Å². The van der Waals surface area contributed by atoms with Gasteiger partial charge in [0.1, 0.15) is 17.4 Å². The number of fused-ring (bicyclic) bond motifs is 2. The van der Waals surface area contributed by atoms with Gasteiger partial charge >= 0.3 is 5.97 Å². The monoisotopic (exact) mass is 326 g/mol. The second kappa shape index (κ2) is 6.96. The van der Waals surface area contributed by atoms with Crippen LogP contribution in [-0.4, -0.2) is 31.8 Å². The molecular weight excluding hydrogens is 304 g/mol. The van der Waals surface area contributed by atoms with Gasteiger partial charge in [0.25, 0.3) is 0 Å². The van der Waals surface area contributed by atoms with E-state index in [1.165, 1.54) is 0 Å². The summed E-state index contributed by atoms with van der Waals surface area (Å²) in [5.74, 6) is 0.332. The van der Waals surface area contributed by atoms with Crippen molar-refractivity contribution in [3.8, 4) is 11.8 Å². The number of carbonyl (C=O) groups excluding carboxylic acids is 1. The third-order valence-corrected chi connectivity index (χ3v) is 4.93. The molecule has 2 aliphatic heterocycles. The van der Waals surface area contributed by atoms with Crippen LogP contribution in [0.1, 0.15) is 32.6 Å². The molecule has 5 nitrogen and oxygen atoms in total. The number of benzene rings is 1. The summed E-state index contributed by atoms with van der Waals surface area (Å²) >= 11 is 0. The molecule has 2 atom stereocenters. The Balaban J connectivity index is 1.95. The average Bonchev–Trinajstić information content (AvgIpc) is 2.91. The van der Waals surface area contributed by atoms with Crippen LogP contribution in [0.25, 0.3) is 0 Å². The minimum atomic E-state index is -0.491. The van der Waals surface area contributed by atoms with Crippen LogP contribution in [0.2, 0.25) is 0 Å². The van der Waals surface area contributed by atoms with Crippen molar-refractivity contribution in [1.82, 2.24) is 0 Å². The molecule has 0 spiro atoms. The first-order chi connectivity index (χ1) is 11.7. The second-order valence-electron chi connectivity index (χ2n) is 6.12. The van der Waals surface area contributed by atoms with Crippen molar-refractivity contribution < 1.29 is 14.3 Å². The van der Waals surface area contributed by atoms with Gasteiger partial charge in [-0.1, -0.05) is 0 Å². The lowest BCUT2D eigenvalue weighted by molar-refractivity contribution is -0.138. The highest BCUT2D eigenvalue weighted by molar-refractivity contribution is 5.94. The Morgan fingerprint density at radius 1 is 1.29 bits per heavy atom. The fraction of sp³-hybridized carbons (Fsp3) is 0.474. The Morgan fingerprint density at radius 2 is 2.04 bits per heavy atom. The van der Waals surface area contributed by atoms with E-state index in [1.54, 1.807) is 14.0 Å². The highest BCUT2D eigenvalue weighted by Crippen LogP contribution is 2.43. The number of methoxy groups -OCH3 is 1. The van der Waals surface area contributed by atoms with Crippen molar-refractivity contribution >= 4 is 11.7 Å². The number of carbonyl (C=O) groups is 1. The highest BCUT2D eigenvalue weighted by Gasteiger charge is 2.41. The van der Waals surface area contributed by atoms with Crippen LogP contribution >= 0.6 is 0 Å². The molecule has 3 rings (SSSR count). The van der Waals surface area contributed by atoms with Crippen LogP contribution in [0.15, 0.2) is 35.4 Å². The summed E-state index contributed by atoms with van der Waals surface area (Å²) in [4.78, 5) is 14.5. The molecule has 2 bridgehead atoms. The Morgan fingerprint density at radius 3 is 2.67 bits per heavy atom. The Kier molecular flexibility index (Phi) is 4.75. The first kappa shape index (κ1) is 16.4. The second-order valence-corrected chi connectivity index (χ2v) is 6.12. The number of ether oxygens (including phenoxy) is 2. The van der Waals surface area contributed by atoms with E-state index in [0.29, 0.717) is 6.04 Å². The van der Waals surface area contributed by atoms with Gasteiger partial charge in [-0.25, -0.2) is 4.79 Å². The molecule has 2 saturated heterocycles. The molecule has 2 heterocycles. The van der Waals surface area contributed by atoms with Gasteiger partial charge in [0.05, 0.1) is 19.8 Å². The number of nitrogens with zero attached hydrogens (tertiary/aromatic N) is 2. The predicted molar refractivity (Wildman–Crippen MR) is 90.8 cm³/mol. The summed E-state index contributed by atoms with van der Waals surface area (Å²) in [7, 11) is 1.65. The average molecular weight is 326 g/mol. The van der Waals surface area contributed by atoms with Crippen LogP contribution in [0.4, 0.5) is 5.69 Å². The molecule has 1 aromatic carbocycles. The maximum atomic E-state index is 12.1. The zero-order valence-electron chi connectivity index (χ0n) is 14.1. The SMILES string of the molecule is CCOC(=O)/C(C#N)=C1\CCC2CCC1N2c1ccc(OC)cc1. The lowest BCUT2D eigenvalue weighted by atomic mass is 9.91. The van der Waals surface area contributed by atoms with E-state index in [2.05, 4.69) is 11.0 Å². The van der Waals surface area contributed by atoms with Gasteiger partial charge in [-0.3, -0.25) is 0 Å². The minimum Gasteiger partial charge on any atom is -0.497 e. The summed E-state index contributed by atoms with van der Waals surface area (Å²) in [5, 5.41) is 9.48. The molecule has 0 saturated carbocycles. The zero-order valence-corrected chi connectivity index (χ0v) is 14.1. The number of piperidine rings is 1. The van der Waals surface area contributed by atoms with E-state index >= 15 is 0 Å². The number of esters is 1. The molecule has 2 unspecified atom stereocenters. The number of hydrogen-bond acceptors (Lipinski definition) is 5. The van der Waals surface area contributed by atoms with E-state index in [-0.39, 0.29) is 18.2 Å². The number of anilines is 1. The lowest BCUT2D eigenvalue weighted by Crippen LogP contribution is -2.42. The fourth-order valence-electron chi connectivity index (χ4n) is 3.89. The van der Waals surface area contributed by atoms with Crippen LogP contribution in [-0.2, 0) is 9.53 Å². The smallest absolute Gasteiger partial charge is 0.348 e. The lowest BCUT2D eigenvalue weighted by Gasteiger charge is -2.38. The summed E-state index contributed by atoms with van der Waals surface area (Å²) in [6, 6.07) is 10.6. The van der Waals surface area contributed by atoms with Crippen LogP contribution in [0.5, 0.6) is 5.75 Å². The summed E-state index contributed by atoms with van der Waals surface area (Å²) < 4.78 is 10.3. The Labute approximate surface area is 142 Å². The van der Waals surface area contributed by atoms with Gasteiger partial charge in [-0.2, -0.15) is 5.26 Å². The largest absolute Gasteiger partial charge is 0.497 e. The van der Waals surface area contributed by atoms with Crippen LogP contribution in [0.3, 0.4) is 0 Å². The summed E-state index contributed by atoms with van der Waals surface area (Å²) in [6.45, 7) is 2.04. The number of rotatable bonds is 4. The molecule has 0 amide bonds. The topological polar surface area (TPSA) is 62.6 Å². The fourth-order valence-corrected chi connectivity index (χ4v) is 3.89. The quantitative estimate of drug-likeness (QED) is 0.483. The van der Waals surface area contributed by atoms with Crippen LogP contribution in [0, 0.1) is 11.3 Å². The molecule has 0 radical (unpaired) electrons. The van der Waals surface area contributed by atoms with E-state index in [0.717, 1.165) is 42.7 Å². The van der Waals surface area contributed by atoms with Crippen LogP contribution < -0.4 is 9.64 Å². The molecule has 2 fully saturated rings. The maximum Gasteiger partial charge on any atom is 0.348 e. The first-order valence-electron chi connectivity index (χ1n) is 8.42. The molecule has 0 aliphatic carbocycles. The van der Waals surface area contributed by atoms with Crippen molar-refractivity contribution in [2.24, 2.45) is 0 Å². The molecule has 1 aromatic rings. The molecular formula is C19H22N2O3. The van der Waals surface area contributed by atoms with Gasteiger partial charge in [0, 0.05) is 11.7 Å². The third-order valence-electron chi connectivity index (χ3n) is 4.93. The van der Waals surface area contributed by atoms with Crippen molar-refractivity contribution in [2.45, 2.75) is 44.7 Å². The molecule has 126 valence electrons. The van der Waals surface area contributed by atoms with Crippen molar-refractivity contribution in [3.05, 3.63) is 35.4 Å². The Hall–Kier alpha value is -2.48. The summed E-state index contributed by atoms with van der Waals surface area (Å²) in [5.41, 5.74) is 2.24. The first-order valence-corrected chi connectivity index (χ1v) is 8.42. The number of hydrogen-bond donors (Lipinski definition) is 0. The van der Waals surface area contributed by atoms with Crippen molar-refractivity contribution in [1.29, 1.82) is 5.26 Å². The van der Waals surface area contributed by atoms with Gasteiger partial charge in [0.2, 0.25) is 0 Å². The van der Waals surface area contributed by atoms with E-state index in [1.807, 2.05) is 24.3 Å². The van der Waals surface area contributed by atoms with Crippen molar-refractivity contribution in [3.63, 3.8) is 0 Å². The highest BCUT2D eigenvalue weighted by atomic mass is 16.5. The van der Waals surface area contributed by atoms with Gasteiger partial charge in [-0.15, -0.1) is 0 Å². The van der Waals surface area contributed by atoms with Crippen molar-refractivity contribution in [2.75, 3.05) is 18.6 Å². The van der Waals surface area contributed by atoms with Gasteiger partial charge in [0.15, 0.2) is 0 Å².